The minimum Gasteiger partial charge on any atom is -0.299 e. The SMILES string of the molecule is O=C(c1ccccc1)C1NC(c2ccccc2)[C@H]2C(=O)N(c3ccc(Cl)c(Cl)c3)C(=O)[C@@H]12. The van der Waals surface area contributed by atoms with Crippen LogP contribution in [0.25, 0.3) is 0 Å². The monoisotopic (exact) mass is 464 g/mol. The smallest absolute Gasteiger partial charge is 0.239 e. The van der Waals surface area contributed by atoms with Gasteiger partial charge in [-0.2, -0.15) is 0 Å². The molecule has 5 rings (SSSR count). The molecule has 3 aromatic rings. The number of rotatable bonds is 4. The third kappa shape index (κ3) is 3.34. The first-order valence-corrected chi connectivity index (χ1v) is 11.0. The van der Waals surface area contributed by atoms with E-state index in [9.17, 15) is 14.4 Å². The second kappa shape index (κ2) is 8.17. The Morgan fingerprint density at radius 3 is 2.06 bits per heavy atom. The van der Waals surface area contributed by atoms with Crippen LogP contribution in [0.3, 0.4) is 0 Å². The van der Waals surface area contributed by atoms with Gasteiger partial charge in [-0.05, 0) is 23.8 Å². The molecule has 2 fully saturated rings. The molecule has 160 valence electrons. The Hall–Kier alpha value is -2.99. The second-order valence-corrected chi connectivity index (χ2v) is 8.74. The normalized spacial score (nSPS) is 24.6. The van der Waals surface area contributed by atoms with Crippen molar-refractivity contribution in [1.82, 2.24) is 5.32 Å². The molecular weight excluding hydrogens is 447 g/mol. The zero-order valence-corrected chi connectivity index (χ0v) is 18.3. The van der Waals surface area contributed by atoms with Gasteiger partial charge < -0.3 is 0 Å². The number of benzene rings is 3. The summed E-state index contributed by atoms with van der Waals surface area (Å²) in [5, 5.41) is 3.87. The maximum atomic E-state index is 13.6. The van der Waals surface area contributed by atoms with Crippen molar-refractivity contribution in [2.75, 3.05) is 4.90 Å². The van der Waals surface area contributed by atoms with E-state index in [2.05, 4.69) is 5.32 Å². The van der Waals surface area contributed by atoms with E-state index in [4.69, 9.17) is 23.2 Å². The summed E-state index contributed by atoms with van der Waals surface area (Å²) in [6.07, 6.45) is 0. The first-order valence-electron chi connectivity index (χ1n) is 10.2. The number of carbonyl (C=O) groups excluding carboxylic acids is 3. The number of carbonyl (C=O) groups is 3. The first-order chi connectivity index (χ1) is 15.5. The van der Waals surface area contributed by atoms with Crippen LogP contribution in [0.5, 0.6) is 0 Å². The second-order valence-electron chi connectivity index (χ2n) is 7.92. The van der Waals surface area contributed by atoms with E-state index in [0.29, 0.717) is 16.3 Å². The lowest BCUT2D eigenvalue weighted by molar-refractivity contribution is -0.123. The molecule has 4 atom stereocenters. The minimum absolute atomic E-state index is 0.212. The van der Waals surface area contributed by atoms with Gasteiger partial charge in [0, 0.05) is 11.6 Å². The van der Waals surface area contributed by atoms with E-state index in [-0.39, 0.29) is 16.7 Å². The van der Waals surface area contributed by atoms with Crippen LogP contribution in [0.4, 0.5) is 5.69 Å². The van der Waals surface area contributed by atoms with Crippen molar-refractivity contribution in [3.63, 3.8) is 0 Å². The first kappa shape index (κ1) is 20.9. The maximum absolute atomic E-state index is 13.6. The highest BCUT2D eigenvalue weighted by Crippen LogP contribution is 2.46. The molecule has 0 aliphatic carbocycles. The van der Waals surface area contributed by atoms with Crippen molar-refractivity contribution in [3.8, 4) is 0 Å². The molecule has 0 aromatic heterocycles. The molecule has 3 aromatic carbocycles. The van der Waals surface area contributed by atoms with Gasteiger partial charge in [-0.15, -0.1) is 0 Å². The number of Topliss-reactive ketones (excluding diaryl/α,β-unsaturated/α-hetero) is 1. The molecule has 0 bridgehead atoms. The van der Waals surface area contributed by atoms with Crippen LogP contribution < -0.4 is 10.2 Å². The largest absolute Gasteiger partial charge is 0.299 e. The van der Waals surface area contributed by atoms with E-state index >= 15 is 0 Å². The van der Waals surface area contributed by atoms with E-state index < -0.39 is 29.8 Å². The zero-order chi connectivity index (χ0) is 22.4. The van der Waals surface area contributed by atoms with Crippen LogP contribution in [0.2, 0.25) is 10.0 Å². The average Bonchev–Trinajstić information content (AvgIpc) is 3.33. The van der Waals surface area contributed by atoms with Crippen molar-refractivity contribution in [3.05, 3.63) is 100 Å². The summed E-state index contributed by atoms with van der Waals surface area (Å²) in [6.45, 7) is 0. The Bertz CT molecular complexity index is 1220. The number of nitrogens with one attached hydrogen (secondary N) is 1. The Labute approximate surface area is 194 Å². The van der Waals surface area contributed by atoms with Gasteiger partial charge in [0.05, 0.1) is 33.6 Å². The molecule has 2 amide bonds. The van der Waals surface area contributed by atoms with Crippen molar-refractivity contribution in [2.24, 2.45) is 11.8 Å². The summed E-state index contributed by atoms with van der Waals surface area (Å²) in [5.74, 6) is -2.52. The van der Waals surface area contributed by atoms with Gasteiger partial charge in [-0.25, -0.2) is 4.90 Å². The van der Waals surface area contributed by atoms with Gasteiger partial charge in [0.1, 0.15) is 0 Å². The molecule has 2 heterocycles. The van der Waals surface area contributed by atoms with E-state index in [1.54, 1.807) is 36.4 Å². The molecule has 0 radical (unpaired) electrons. The molecule has 2 aliphatic heterocycles. The summed E-state index contributed by atoms with van der Waals surface area (Å²) in [6, 6.07) is 21.6. The van der Waals surface area contributed by atoms with Gasteiger partial charge in [-0.3, -0.25) is 19.7 Å². The average molecular weight is 465 g/mol. The van der Waals surface area contributed by atoms with Crippen LogP contribution in [0.1, 0.15) is 22.0 Å². The van der Waals surface area contributed by atoms with Gasteiger partial charge in [-0.1, -0.05) is 83.9 Å². The van der Waals surface area contributed by atoms with Gasteiger partial charge in [0.2, 0.25) is 11.8 Å². The maximum Gasteiger partial charge on any atom is 0.239 e. The van der Waals surface area contributed by atoms with Gasteiger partial charge in [0.25, 0.3) is 0 Å². The topological polar surface area (TPSA) is 66.5 Å². The third-order valence-electron chi connectivity index (χ3n) is 6.14. The molecule has 7 heteroatoms. The molecule has 0 saturated carbocycles. The van der Waals surface area contributed by atoms with E-state index in [0.717, 1.165) is 10.5 Å². The number of hydrogen-bond acceptors (Lipinski definition) is 4. The minimum atomic E-state index is -0.824. The lowest BCUT2D eigenvalue weighted by Crippen LogP contribution is -2.43. The van der Waals surface area contributed by atoms with Crippen LogP contribution in [-0.2, 0) is 9.59 Å². The summed E-state index contributed by atoms with van der Waals surface area (Å²) in [7, 11) is 0. The van der Waals surface area contributed by atoms with Crippen LogP contribution in [0, 0.1) is 11.8 Å². The van der Waals surface area contributed by atoms with Crippen LogP contribution >= 0.6 is 23.2 Å². The summed E-state index contributed by atoms with van der Waals surface area (Å²) < 4.78 is 0. The van der Waals surface area contributed by atoms with Crippen LogP contribution in [0.15, 0.2) is 78.9 Å². The highest BCUT2D eigenvalue weighted by Gasteiger charge is 2.61. The Morgan fingerprint density at radius 1 is 0.781 bits per heavy atom. The lowest BCUT2D eigenvalue weighted by Gasteiger charge is -2.22. The standard InChI is InChI=1S/C25H18Cl2N2O3/c26-17-12-11-16(13-18(17)27)29-24(31)19-20(25(29)32)22(23(30)15-9-5-2-6-10-15)28-21(19)14-7-3-1-4-8-14/h1-13,19-22,28H/t19-,20+,21?,22?/m0/s1. The Balaban J connectivity index is 1.59. The fourth-order valence-electron chi connectivity index (χ4n) is 4.68. The zero-order valence-electron chi connectivity index (χ0n) is 16.7. The number of halogens is 2. The number of ketones is 1. The van der Waals surface area contributed by atoms with Gasteiger partial charge in [0.15, 0.2) is 5.78 Å². The van der Waals surface area contributed by atoms with Crippen molar-refractivity contribution in [1.29, 1.82) is 0 Å². The highest BCUT2D eigenvalue weighted by atomic mass is 35.5. The number of fused-ring (bicyclic) bond motifs is 1. The fourth-order valence-corrected chi connectivity index (χ4v) is 4.97. The Morgan fingerprint density at radius 2 is 1.41 bits per heavy atom. The van der Waals surface area contributed by atoms with Gasteiger partial charge >= 0.3 is 0 Å². The summed E-state index contributed by atoms with van der Waals surface area (Å²) >= 11 is 12.2. The molecular formula is C25H18Cl2N2O3. The predicted octanol–water partition coefficient (Wildman–Crippen LogP) is 4.70. The van der Waals surface area contributed by atoms with E-state index in [1.807, 2.05) is 36.4 Å². The molecule has 2 unspecified atom stereocenters. The number of hydrogen-bond donors (Lipinski definition) is 1. The number of imide groups is 1. The molecule has 1 N–H and O–H groups in total. The molecule has 0 spiro atoms. The van der Waals surface area contributed by atoms with E-state index in [1.165, 1.54) is 6.07 Å². The number of nitrogens with zero attached hydrogens (tertiary/aromatic N) is 1. The summed E-state index contributed by atoms with van der Waals surface area (Å²) in [4.78, 5) is 41.6. The van der Waals surface area contributed by atoms with Crippen molar-refractivity contribution < 1.29 is 14.4 Å². The number of amides is 2. The predicted molar refractivity (Wildman–Crippen MR) is 123 cm³/mol. The third-order valence-corrected chi connectivity index (χ3v) is 6.88. The Kier molecular flexibility index (Phi) is 5.33. The molecule has 2 saturated heterocycles. The number of anilines is 1. The lowest BCUT2D eigenvalue weighted by atomic mass is 9.84. The molecule has 32 heavy (non-hydrogen) atoms. The summed E-state index contributed by atoms with van der Waals surface area (Å²) in [5.41, 5.74) is 1.69. The fraction of sp³-hybridized carbons (Fsp3) is 0.160. The van der Waals surface area contributed by atoms with Crippen LogP contribution in [-0.4, -0.2) is 23.6 Å². The van der Waals surface area contributed by atoms with Crippen molar-refractivity contribution in [2.45, 2.75) is 12.1 Å². The molecule has 5 nitrogen and oxygen atoms in total. The van der Waals surface area contributed by atoms with Crippen molar-refractivity contribution >= 4 is 46.5 Å². The quantitative estimate of drug-likeness (QED) is 0.449. The highest BCUT2D eigenvalue weighted by molar-refractivity contribution is 6.42. The molecule has 2 aliphatic rings.